The van der Waals surface area contributed by atoms with Gasteiger partial charge >= 0.3 is 12.4 Å². The van der Waals surface area contributed by atoms with E-state index in [1.165, 1.54) is 58.2 Å². The number of rotatable bonds is 7. The maximum Gasteiger partial charge on any atom is 0.573 e. The van der Waals surface area contributed by atoms with Crippen molar-refractivity contribution in [1.82, 2.24) is 14.8 Å². The summed E-state index contributed by atoms with van der Waals surface area (Å²) >= 11 is 1.21. The van der Waals surface area contributed by atoms with Crippen LogP contribution in [0.2, 0.25) is 0 Å². The molecule has 0 N–H and O–H groups in total. The second kappa shape index (κ2) is 12.8. The Morgan fingerprint density at radius 3 is 2.41 bits per heavy atom. The fraction of sp³-hybridized carbons (Fsp3) is 0.226. The molecule has 9 nitrogen and oxygen atoms in total. The van der Waals surface area contributed by atoms with Crippen LogP contribution in [0, 0.1) is 0 Å². The highest BCUT2D eigenvalue weighted by Gasteiger charge is 2.32. The van der Waals surface area contributed by atoms with Crippen LogP contribution in [0.4, 0.5) is 23.7 Å². The molecule has 0 bridgehead atoms. The minimum absolute atomic E-state index is 0.139. The molecular weight excluding hydrogens is 593 g/mol. The molecule has 1 unspecified atom stereocenters. The van der Waals surface area contributed by atoms with Crippen LogP contribution >= 0.6 is 11.8 Å². The van der Waals surface area contributed by atoms with Gasteiger partial charge in [0.2, 0.25) is 5.91 Å². The van der Waals surface area contributed by atoms with Gasteiger partial charge in [0.25, 0.3) is 0 Å². The summed E-state index contributed by atoms with van der Waals surface area (Å²) in [4.78, 5) is 39.3. The molecule has 1 saturated heterocycles. The SMILES string of the molecule is CC(C)c1ccccc1N1C(=O)CSC1=NC(=O)N=CC(C)c1ccc(-c2ncn(-c3ccc(OC(F)(F)F)cc3)n2)cc1. The molecule has 4 aromatic rings. The van der Waals surface area contributed by atoms with Crippen molar-refractivity contribution in [3.63, 3.8) is 0 Å². The molecule has 0 radical (unpaired) electrons. The van der Waals surface area contributed by atoms with Crippen molar-refractivity contribution >= 4 is 40.8 Å². The highest BCUT2D eigenvalue weighted by atomic mass is 32.2. The summed E-state index contributed by atoms with van der Waals surface area (Å²) in [5.74, 6) is 0.117. The first-order chi connectivity index (χ1) is 21.0. The van der Waals surface area contributed by atoms with E-state index in [0.29, 0.717) is 22.4 Å². The average Bonchev–Trinajstić information content (AvgIpc) is 3.62. The first kappa shape index (κ1) is 30.7. The average molecular weight is 621 g/mol. The number of hydrogen-bond acceptors (Lipinski definition) is 6. The van der Waals surface area contributed by atoms with Crippen molar-refractivity contribution in [2.75, 3.05) is 10.7 Å². The number of alkyl halides is 3. The highest BCUT2D eigenvalue weighted by molar-refractivity contribution is 8.15. The zero-order valence-corrected chi connectivity index (χ0v) is 24.7. The van der Waals surface area contributed by atoms with Gasteiger partial charge in [0.05, 0.1) is 17.1 Å². The third kappa shape index (κ3) is 7.22. The summed E-state index contributed by atoms with van der Waals surface area (Å²) in [6, 6.07) is 19.5. The Hall–Kier alpha value is -4.78. The van der Waals surface area contributed by atoms with Crippen LogP contribution in [-0.2, 0) is 4.79 Å². The minimum atomic E-state index is -4.76. The standard InChI is InChI=1S/C31H27F3N6O3S/c1-19(2)25-6-4-5-7-26(25)40-27(41)17-44-30(40)37-29(42)35-16-20(3)21-8-10-22(11-9-21)28-36-18-39(38-28)23-12-14-24(15-13-23)43-31(32,33)34/h4-16,18-20H,17H2,1-3H3. The Kier molecular flexibility index (Phi) is 8.95. The first-order valence-electron chi connectivity index (χ1n) is 13.6. The summed E-state index contributed by atoms with van der Waals surface area (Å²) in [6.07, 6.45) is -1.79. The molecule has 2 heterocycles. The van der Waals surface area contributed by atoms with Crippen LogP contribution < -0.4 is 9.64 Å². The maximum atomic E-state index is 12.7. The fourth-order valence-electron chi connectivity index (χ4n) is 4.49. The van der Waals surface area contributed by atoms with Gasteiger partial charge in [-0.05, 0) is 47.4 Å². The van der Waals surface area contributed by atoms with Crippen molar-refractivity contribution in [2.45, 2.75) is 39.0 Å². The number of urea groups is 1. The molecule has 44 heavy (non-hydrogen) atoms. The lowest BCUT2D eigenvalue weighted by atomic mass is 10.0. The quantitative estimate of drug-likeness (QED) is 0.200. The van der Waals surface area contributed by atoms with Gasteiger partial charge in [-0.15, -0.1) is 18.3 Å². The van der Waals surface area contributed by atoms with Crippen molar-refractivity contribution in [1.29, 1.82) is 0 Å². The minimum Gasteiger partial charge on any atom is -0.406 e. The number of aromatic nitrogens is 3. The predicted octanol–water partition coefficient (Wildman–Crippen LogP) is 7.39. The molecule has 3 amide bonds. The van der Waals surface area contributed by atoms with E-state index in [4.69, 9.17) is 0 Å². The van der Waals surface area contributed by atoms with Crippen LogP contribution in [0.25, 0.3) is 17.1 Å². The third-order valence-electron chi connectivity index (χ3n) is 6.69. The number of benzene rings is 3. The van der Waals surface area contributed by atoms with Crippen molar-refractivity contribution in [2.24, 2.45) is 9.98 Å². The summed E-state index contributed by atoms with van der Waals surface area (Å²) in [5.41, 5.74) is 3.82. The number of carbonyl (C=O) groups excluding carboxylic acids is 2. The Morgan fingerprint density at radius 1 is 1.02 bits per heavy atom. The normalized spacial score (nSPS) is 15.5. The van der Waals surface area contributed by atoms with Gasteiger partial charge in [-0.2, -0.15) is 4.99 Å². The van der Waals surface area contributed by atoms with Gasteiger partial charge in [0.15, 0.2) is 11.0 Å². The van der Waals surface area contributed by atoms with Crippen LogP contribution in [0.3, 0.4) is 0 Å². The van der Waals surface area contributed by atoms with E-state index in [0.717, 1.165) is 16.7 Å². The number of hydrogen-bond donors (Lipinski definition) is 0. The molecule has 1 aromatic heterocycles. The maximum absolute atomic E-state index is 12.7. The van der Waals surface area contributed by atoms with Crippen LogP contribution in [0.5, 0.6) is 5.75 Å². The molecule has 1 aliphatic heterocycles. The molecule has 1 fully saturated rings. The van der Waals surface area contributed by atoms with E-state index in [1.54, 1.807) is 0 Å². The first-order valence-corrected chi connectivity index (χ1v) is 14.6. The Labute approximate surface area is 255 Å². The molecule has 3 aromatic carbocycles. The van der Waals surface area contributed by atoms with Gasteiger partial charge in [0, 0.05) is 17.7 Å². The van der Waals surface area contributed by atoms with Gasteiger partial charge in [-0.1, -0.05) is 75.0 Å². The molecule has 1 aliphatic rings. The van der Waals surface area contributed by atoms with Crippen molar-refractivity contribution in [3.05, 3.63) is 90.3 Å². The lowest BCUT2D eigenvalue weighted by Gasteiger charge is -2.21. The molecule has 1 atom stereocenters. The Morgan fingerprint density at radius 2 is 1.73 bits per heavy atom. The van der Waals surface area contributed by atoms with Gasteiger partial charge < -0.3 is 4.74 Å². The molecule has 0 spiro atoms. The number of carbonyl (C=O) groups is 2. The van der Waals surface area contributed by atoms with Crippen molar-refractivity contribution in [3.8, 4) is 22.8 Å². The van der Waals surface area contributed by atoms with Gasteiger partial charge in [-0.25, -0.2) is 19.5 Å². The zero-order chi connectivity index (χ0) is 31.4. The number of thioether (sulfide) groups is 1. The largest absolute Gasteiger partial charge is 0.573 e. The van der Waals surface area contributed by atoms with E-state index in [1.807, 2.05) is 69.3 Å². The second-order valence-corrected chi connectivity index (χ2v) is 11.1. The topological polar surface area (TPSA) is 102 Å². The third-order valence-corrected chi connectivity index (χ3v) is 7.61. The second-order valence-electron chi connectivity index (χ2n) is 10.2. The molecule has 226 valence electrons. The van der Waals surface area contributed by atoms with E-state index < -0.39 is 12.4 Å². The van der Waals surface area contributed by atoms with E-state index in [-0.39, 0.29) is 29.2 Å². The number of anilines is 1. The Balaban J connectivity index is 1.24. The predicted molar refractivity (Wildman–Crippen MR) is 164 cm³/mol. The molecule has 13 heteroatoms. The summed E-state index contributed by atoms with van der Waals surface area (Å²) in [5, 5.41) is 4.72. The number of aliphatic imine (C=N–C) groups is 2. The number of para-hydroxylation sites is 1. The highest BCUT2D eigenvalue weighted by Crippen LogP contribution is 2.33. The summed E-state index contributed by atoms with van der Waals surface area (Å²) in [7, 11) is 0. The number of ether oxygens (including phenoxy) is 1. The van der Waals surface area contributed by atoms with Gasteiger partial charge in [-0.3, -0.25) is 9.69 Å². The fourth-order valence-corrected chi connectivity index (χ4v) is 5.34. The Bertz CT molecular complexity index is 1720. The monoisotopic (exact) mass is 620 g/mol. The number of nitrogens with zero attached hydrogens (tertiary/aromatic N) is 6. The lowest BCUT2D eigenvalue weighted by molar-refractivity contribution is -0.274. The van der Waals surface area contributed by atoms with Crippen LogP contribution in [0.1, 0.15) is 43.7 Å². The molecular formula is C31H27F3N6O3S. The lowest BCUT2D eigenvalue weighted by Crippen LogP contribution is -2.30. The summed E-state index contributed by atoms with van der Waals surface area (Å²) < 4.78 is 42.6. The van der Waals surface area contributed by atoms with E-state index >= 15 is 0 Å². The number of halogens is 3. The molecule has 5 rings (SSSR count). The zero-order valence-electron chi connectivity index (χ0n) is 23.9. The number of amides is 3. The van der Waals surface area contributed by atoms with Crippen LogP contribution in [-0.4, -0.2) is 50.2 Å². The smallest absolute Gasteiger partial charge is 0.406 e. The van der Waals surface area contributed by atoms with Gasteiger partial charge in [0.1, 0.15) is 12.1 Å². The molecule has 0 aliphatic carbocycles. The molecule has 0 saturated carbocycles. The van der Waals surface area contributed by atoms with Crippen molar-refractivity contribution < 1.29 is 27.5 Å². The van der Waals surface area contributed by atoms with E-state index in [2.05, 4.69) is 24.8 Å². The number of amidine groups is 1. The summed E-state index contributed by atoms with van der Waals surface area (Å²) in [6.45, 7) is 5.97. The van der Waals surface area contributed by atoms with Crippen LogP contribution in [0.15, 0.2) is 89.1 Å². The van der Waals surface area contributed by atoms with E-state index in [9.17, 15) is 22.8 Å².